The highest BCUT2D eigenvalue weighted by Crippen LogP contribution is 2.29. The van der Waals surface area contributed by atoms with Gasteiger partial charge in [0.1, 0.15) is 36.3 Å². The Balaban J connectivity index is 2.80. The summed E-state index contributed by atoms with van der Waals surface area (Å²) in [6, 6.07) is 3.68. The van der Waals surface area contributed by atoms with Gasteiger partial charge < -0.3 is 62.5 Å². The summed E-state index contributed by atoms with van der Waals surface area (Å²) in [5, 5.41) is 69.8. The number of thiol groups is 1. The molecule has 0 fully saturated rings. The van der Waals surface area contributed by atoms with Crippen LogP contribution in [0.25, 0.3) is 0 Å². The van der Waals surface area contributed by atoms with Crippen molar-refractivity contribution in [1.29, 1.82) is 0 Å². The third kappa shape index (κ3) is 18.2. The van der Waals surface area contributed by atoms with E-state index in [1.807, 2.05) is 10.6 Å². The van der Waals surface area contributed by atoms with E-state index in [-0.39, 0.29) is 11.1 Å². The number of hydrogen-bond donors (Lipinski definition) is 13. The van der Waals surface area contributed by atoms with E-state index in [9.17, 15) is 87.9 Å². The zero-order valence-corrected chi connectivity index (χ0v) is 36.2. The van der Waals surface area contributed by atoms with Crippen molar-refractivity contribution >= 4 is 89.7 Å². The zero-order chi connectivity index (χ0) is 50.5. The van der Waals surface area contributed by atoms with Crippen LogP contribution in [0.5, 0.6) is 0 Å². The minimum atomic E-state index is -2.42. The quantitative estimate of drug-likeness (QED) is 0.0232. The van der Waals surface area contributed by atoms with Crippen molar-refractivity contribution in [3.63, 3.8) is 0 Å². The van der Waals surface area contributed by atoms with E-state index in [2.05, 4.69) is 33.9 Å². The molecule has 362 valence electrons. The SMILES string of the molecule is CC(=O)N[C@@H](CC(=O)O)C(=O)N[C@H](CC(C(=O)O)C(=O)O)C(=O)N[C@H](C(=O)N[C@@H](CCC(=O)O)C(=O)N[C@@H](CCC(=O)O)C(=O)N[C@@H](CS)C(=O)C(=O)O)C(c1ccccc1)c1ccccc1. The van der Waals surface area contributed by atoms with Gasteiger partial charge in [0.2, 0.25) is 35.4 Å². The molecule has 26 heteroatoms. The molecule has 12 N–H and O–H groups in total. The van der Waals surface area contributed by atoms with Crippen molar-refractivity contribution in [2.24, 2.45) is 5.92 Å². The maximum absolute atomic E-state index is 14.7. The molecule has 2 aromatic rings. The fourth-order valence-electron chi connectivity index (χ4n) is 6.35. The average molecular weight is 961 g/mol. The second kappa shape index (κ2) is 26.8. The molecular weight excluding hydrogens is 913 g/mol. The Labute approximate surface area is 384 Å². The number of carbonyl (C=O) groups is 13. The van der Waals surface area contributed by atoms with Gasteiger partial charge in [0, 0.05) is 37.9 Å². The third-order valence-corrected chi connectivity index (χ3v) is 9.96. The van der Waals surface area contributed by atoms with E-state index in [4.69, 9.17) is 5.11 Å². The Morgan fingerprint density at radius 3 is 1.28 bits per heavy atom. The monoisotopic (exact) mass is 960 g/mol. The number of carboxylic acid groups (broad SMARTS) is 6. The molecule has 25 nitrogen and oxygen atoms in total. The van der Waals surface area contributed by atoms with Crippen molar-refractivity contribution in [3.05, 3.63) is 71.8 Å². The van der Waals surface area contributed by atoms with E-state index in [1.165, 1.54) is 48.5 Å². The second-order valence-electron chi connectivity index (χ2n) is 14.6. The van der Waals surface area contributed by atoms with E-state index >= 15 is 0 Å². The molecule has 0 saturated heterocycles. The summed E-state index contributed by atoms with van der Waals surface area (Å²) in [6.07, 6.45) is -5.37. The summed E-state index contributed by atoms with van der Waals surface area (Å²) in [5.41, 5.74) is 0.560. The molecule has 0 aliphatic heterocycles. The number of amides is 6. The Morgan fingerprint density at radius 2 is 0.896 bits per heavy atom. The molecule has 0 saturated carbocycles. The number of benzene rings is 2. The first-order chi connectivity index (χ1) is 31.5. The Morgan fingerprint density at radius 1 is 0.493 bits per heavy atom. The average Bonchev–Trinajstić information content (AvgIpc) is 3.25. The van der Waals surface area contributed by atoms with Crippen LogP contribution < -0.4 is 31.9 Å². The molecule has 2 aromatic carbocycles. The highest BCUT2D eigenvalue weighted by Gasteiger charge is 2.40. The van der Waals surface area contributed by atoms with Gasteiger partial charge in [-0.2, -0.15) is 12.6 Å². The maximum Gasteiger partial charge on any atom is 0.374 e. The van der Waals surface area contributed by atoms with Crippen molar-refractivity contribution in [1.82, 2.24) is 31.9 Å². The van der Waals surface area contributed by atoms with Gasteiger partial charge in [-0.05, 0) is 24.0 Å². The third-order valence-electron chi connectivity index (χ3n) is 9.59. The molecule has 6 amide bonds. The van der Waals surface area contributed by atoms with Crippen LogP contribution in [-0.2, 0) is 62.3 Å². The van der Waals surface area contributed by atoms with Gasteiger partial charge in [-0.3, -0.25) is 57.5 Å². The lowest BCUT2D eigenvalue weighted by atomic mass is 9.84. The van der Waals surface area contributed by atoms with Gasteiger partial charge in [-0.1, -0.05) is 60.7 Å². The predicted molar refractivity (Wildman–Crippen MR) is 228 cm³/mol. The molecule has 2 rings (SSSR count). The van der Waals surface area contributed by atoms with Gasteiger partial charge in [-0.25, -0.2) is 4.79 Å². The second-order valence-corrected chi connectivity index (χ2v) is 14.9. The Kier molecular flexibility index (Phi) is 22.1. The number of Topliss-reactive ketones (excluding diaryl/α,β-unsaturated/α-hetero) is 1. The van der Waals surface area contributed by atoms with Gasteiger partial charge in [0.25, 0.3) is 5.78 Å². The van der Waals surface area contributed by atoms with Crippen molar-refractivity contribution in [2.45, 2.75) is 87.6 Å². The molecular formula is C41H48N6O19S. The fraction of sp³-hybridized carbons (Fsp3) is 0.390. The molecule has 0 aromatic heterocycles. The molecule has 0 unspecified atom stereocenters. The van der Waals surface area contributed by atoms with Gasteiger partial charge >= 0.3 is 35.8 Å². The molecule has 0 aliphatic rings. The van der Waals surface area contributed by atoms with Crippen LogP contribution in [0.4, 0.5) is 0 Å². The summed E-state index contributed by atoms with van der Waals surface area (Å²) in [7, 11) is 0. The Hall–Kier alpha value is -7.90. The number of carboxylic acids is 6. The number of aliphatic carboxylic acids is 6. The number of nitrogens with one attached hydrogen (secondary N) is 6. The number of ketones is 1. The standard InChI is InChI=1S/C41H48N6O19S/c1-19(48)42-26(17-30(53)54)36(58)45-25(16-22(39(61)62)40(63)64)37(59)47-32(31(20-8-4-2-5-9-20)21-10-6-3-7-11-21)38(60)44-24(13-15-29(51)52)34(56)43-23(12-14-28(49)50)35(57)46-27(18-67)33(55)41(65)66/h2-11,22-27,31-32,67H,12-18H2,1H3,(H,42,48)(H,43,56)(H,44,60)(H,45,58)(H,46,57)(H,47,59)(H,49,50)(H,51,52)(H,53,54)(H,61,62)(H,63,64)(H,65,66)/t23-,24-,25+,26-,27-,32-/m0/s1. The molecule has 0 radical (unpaired) electrons. The van der Waals surface area contributed by atoms with Crippen LogP contribution in [0.15, 0.2) is 60.7 Å². The van der Waals surface area contributed by atoms with Crippen LogP contribution in [-0.4, -0.2) is 150 Å². The smallest absolute Gasteiger partial charge is 0.374 e. The highest BCUT2D eigenvalue weighted by atomic mass is 32.1. The molecule has 0 bridgehead atoms. The maximum atomic E-state index is 14.7. The molecule has 0 heterocycles. The van der Waals surface area contributed by atoms with Crippen LogP contribution >= 0.6 is 12.6 Å². The summed E-state index contributed by atoms with van der Waals surface area (Å²) in [6.45, 7) is 0.923. The fourth-order valence-corrected chi connectivity index (χ4v) is 6.61. The van der Waals surface area contributed by atoms with E-state index in [0.29, 0.717) is 0 Å². The summed E-state index contributed by atoms with van der Waals surface area (Å²) >= 11 is 3.85. The first kappa shape index (κ1) is 55.2. The van der Waals surface area contributed by atoms with Crippen molar-refractivity contribution in [3.8, 4) is 0 Å². The van der Waals surface area contributed by atoms with E-state index < -0.39 is 169 Å². The summed E-state index contributed by atoms with van der Waals surface area (Å²) < 4.78 is 0. The topological polar surface area (TPSA) is 415 Å². The first-order valence-corrected chi connectivity index (χ1v) is 20.5. The molecule has 0 aliphatic carbocycles. The predicted octanol–water partition coefficient (Wildman–Crippen LogP) is -2.29. The number of rotatable bonds is 29. The zero-order valence-electron chi connectivity index (χ0n) is 35.3. The molecule has 67 heavy (non-hydrogen) atoms. The van der Waals surface area contributed by atoms with Crippen LogP contribution in [0.1, 0.15) is 62.5 Å². The van der Waals surface area contributed by atoms with Crippen molar-refractivity contribution < 1.29 is 93.0 Å². The Bertz CT molecular complexity index is 2120. The van der Waals surface area contributed by atoms with Gasteiger partial charge in [0.05, 0.1) is 6.42 Å². The van der Waals surface area contributed by atoms with Crippen LogP contribution in [0.2, 0.25) is 0 Å². The minimum Gasteiger partial charge on any atom is -0.481 e. The van der Waals surface area contributed by atoms with Crippen molar-refractivity contribution in [2.75, 3.05) is 5.75 Å². The molecule has 0 spiro atoms. The van der Waals surface area contributed by atoms with E-state index in [1.54, 1.807) is 12.1 Å². The summed E-state index contributed by atoms with van der Waals surface area (Å²) in [5.74, 6) is -24.0. The van der Waals surface area contributed by atoms with Gasteiger partial charge in [0.15, 0.2) is 5.92 Å². The molecule has 6 atom stereocenters. The lowest BCUT2D eigenvalue weighted by molar-refractivity contribution is -0.156. The highest BCUT2D eigenvalue weighted by molar-refractivity contribution is 7.80. The van der Waals surface area contributed by atoms with Crippen LogP contribution in [0, 0.1) is 5.92 Å². The minimum absolute atomic E-state index is 0.280. The lowest BCUT2D eigenvalue weighted by Crippen LogP contribution is -2.61. The van der Waals surface area contributed by atoms with Crippen LogP contribution in [0.3, 0.4) is 0 Å². The largest absolute Gasteiger partial charge is 0.481 e. The summed E-state index contributed by atoms with van der Waals surface area (Å²) in [4.78, 5) is 164. The number of hydrogen-bond acceptors (Lipinski definition) is 14. The number of carbonyl (C=O) groups excluding carboxylic acids is 7. The van der Waals surface area contributed by atoms with Gasteiger partial charge in [-0.15, -0.1) is 0 Å². The lowest BCUT2D eigenvalue weighted by Gasteiger charge is -2.32. The normalized spacial score (nSPS) is 13.5. The first-order valence-electron chi connectivity index (χ1n) is 19.8. The van der Waals surface area contributed by atoms with E-state index in [0.717, 1.165) is 6.92 Å².